The fraction of sp³-hybridized carbons (Fsp3) is 0.571. The molecule has 2 nitrogen and oxygen atoms in total. The highest BCUT2D eigenvalue weighted by Crippen LogP contribution is 2.17. The van der Waals surface area contributed by atoms with Crippen molar-refractivity contribution in [3.05, 3.63) is 29.3 Å². The predicted molar refractivity (Wildman–Crippen MR) is 71.9 cm³/mol. The van der Waals surface area contributed by atoms with E-state index in [4.69, 9.17) is 5.73 Å². The van der Waals surface area contributed by atoms with Gasteiger partial charge in [0.1, 0.15) is 0 Å². The number of nitrogens with two attached hydrogens (primary N) is 1. The van der Waals surface area contributed by atoms with Crippen molar-refractivity contribution in [2.75, 3.05) is 18.4 Å². The van der Waals surface area contributed by atoms with Crippen molar-refractivity contribution in [2.45, 2.75) is 39.5 Å². The number of unbranched alkanes of at least 4 members (excludes halogenated alkanes) is 3. The first-order valence-corrected chi connectivity index (χ1v) is 6.26. The molecule has 1 aromatic carbocycles. The van der Waals surface area contributed by atoms with Crippen molar-refractivity contribution in [2.24, 2.45) is 5.73 Å². The molecule has 3 N–H and O–H groups in total. The summed E-state index contributed by atoms with van der Waals surface area (Å²) in [6.07, 6.45) is 4.91. The lowest BCUT2D eigenvalue weighted by Gasteiger charge is -2.11. The van der Waals surface area contributed by atoms with Gasteiger partial charge in [0.25, 0.3) is 0 Å². The van der Waals surface area contributed by atoms with Crippen molar-refractivity contribution >= 4 is 5.69 Å². The highest BCUT2D eigenvalue weighted by Gasteiger charge is 1.98. The third-order valence-electron chi connectivity index (χ3n) is 3.05. The van der Waals surface area contributed by atoms with E-state index >= 15 is 0 Å². The normalized spacial score (nSPS) is 10.4. The van der Waals surface area contributed by atoms with E-state index in [0.717, 1.165) is 19.5 Å². The van der Waals surface area contributed by atoms with Crippen LogP contribution in [0.15, 0.2) is 18.2 Å². The number of hydrogen-bond acceptors (Lipinski definition) is 2. The third-order valence-corrected chi connectivity index (χ3v) is 3.05. The second-order valence-electron chi connectivity index (χ2n) is 4.38. The van der Waals surface area contributed by atoms with Gasteiger partial charge < -0.3 is 11.1 Å². The van der Waals surface area contributed by atoms with E-state index in [9.17, 15) is 0 Å². The van der Waals surface area contributed by atoms with Crippen molar-refractivity contribution in [3.8, 4) is 0 Å². The maximum absolute atomic E-state index is 5.46. The molecule has 0 aromatic heterocycles. The predicted octanol–water partition coefficient (Wildman–Crippen LogP) is 3.23. The van der Waals surface area contributed by atoms with Gasteiger partial charge in [0, 0.05) is 12.2 Å². The number of aryl methyl sites for hydroxylation is 1. The molecule has 0 unspecified atom stereocenters. The molecular formula is C14H24N2. The van der Waals surface area contributed by atoms with Crippen LogP contribution in [0.2, 0.25) is 0 Å². The zero-order chi connectivity index (χ0) is 11.8. The Labute approximate surface area is 99.2 Å². The van der Waals surface area contributed by atoms with Crippen molar-refractivity contribution in [3.63, 3.8) is 0 Å². The number of rotatable bonds is 7. The van der Waals surface area contributed by atoms with Crippen molar-refractivity contribution in [1.82, 2.24) is 0 Å². The van der Waals surface area contributed by atoms with Crippen LogP contribution in [-0.2, 0) is 0 Å². The maximum Gasteiger partial charge on any atom is 0.0372 e. The first-order valence-electron chi connectivity index (χ1n) is 6.26. The minimum atomic E-state index is 0.824. The SMILES string of the molecule is Cc1cccc(NCCCCCCN)c1C. The number of anilines is 1. The first-order chi connectivity index (χ1) is 7.75. The minimum Gasteiger partial charge on any atom is -0.385 e. The van der Waals surface area contributed by atoms with E-state index in [1.54, 1.807) is 0 Å². The molecule has 0 amide bonds. The smallest absolute Gasteiger partial charge is 0.0372 e. The first kappa shape index (κ1) is 13.0. The summed E-state index contributed by atoms with van der Waals surface area (Å²) in [7, 11) is 0. The van der Waals surface area contributed by atoms with Gasteiger partial charge in [-0.15, -0.1) is 0 Å². The fourth-order valence-corrected chi connectivity index (χ4v) is 1.79. The zero-order valence-corrected chi connectivity index (χ0v) is 10.6. The Morgan fingerprint density at radius 2 is 1.81 bits per heavy atom. The molecule has 0 saturated carbocycles. The van der Waals surface area contributed by atoms with Gasteiger partial charge in [-0.2, -0.15) is 0 Å². The van der Waals surface area contributed by atoms with Crippen LogP contribution in [0.1, 0.15) is 36.8 Å². The molecule has 0 atom stereocenters. The lowest BCUT2D eigenvalue weighted by Crippen LogP contribution is -2.04. The summed E-state index contributed by atoms with van der Waals surface area (Å²) in [6, 6.07) is 6.42. The molecule has 0 spiro atoms. The summed E-state index contributed by atoms with van der Waals surface area (Å²) in [5.74, 6) is 0. The van der Waals surface area contributed by atoms with Gasteiger partial charge in [-0.3, -0.25) is 0 Å². The highest BCUT2D eigenvalue weighted by molar-refractivity contribution is 5.53. The summed E-state index contributed by atoms with van der Waals surface area (Å²) in [5.41, 5.74) is 9.45. The molecule has 90 valence electrons. The quantitative estimate of drug-likeness (QED) is 0.692. The lowest BCUT2D eigenvalue weighted by molar-refractivity contribution is 0.661. The van der Waals surface area contributed by atoms with Crippen LogP contribution >= 0.6 is 0 Å². The molecule has 0 fully saturated rings. The zero-order valence-electron chi connectivity index (χ0n) is 10.6. The Kier molecular flexibility index (Phi) is 5.94. The van der Waals surface area contributed by atoms with Crippen LogP contribution in [0.5, 0.6) is 0 Å². The molecule has 1 aromatic rings. The summed E-state index contributed by atoms with van der Waals surface area (Å²) >= 11 is 0. The van der Waals surface area contributed by atoms with E-state index < -0.39 is 0 Å². The Bertz CT molecular complexity index is 308. The highest BCUT2D eigenvalue weighted by atomic mass is 14.9. The van der Waals surface area contributed by atoms with Gasteiger partial charge in [-0.25, -0.2) is 0 Å². The molecule has 0 radical (unpaired) electrons. The summed E-state index contributed by atoms with van der Waals surface area (Å²) in [4.78, 5) is 0. The summed E-state index contributed by atoms with van der Waals surface area (Å²) in [6.45, 7) is 6.22. The van der Waals surface area contributed by atoms with Crippen LogP contribution in [0.3, 0.4) is 0 Å². The van der Waals surface area contributed by atoms with E-state index in [2.05, 4.69) is 37.4 Å². The van der Waals surface area contributed by atoms with E-state index in [1.165, 1.54) is 36.1 Å². The average Bonchev–Trinajstić information content (AvgIpc) is 2.29. The Morgan fingerprint density at radius 3 is 2.56 bits per heavy atom. The Hall–Kier alpha value is -1.02. The molecule has 2 heteroatoms. The number of nitrogens with one attached hydrogen (secondary N) is 1. The van der Waals surface area contributed by atoms with Gasteiger partial charge in [-0.1, -0.05) is 25.0 Å². The standard InChI is InChI=1S/C14H24N2/c1-12-8-7-9-14(13(12)2)16-11-6-4-3-5-10-15/h7-9,16H,3-6,10-11,15H2,1-2H3. The van der Waals surface area contributed by atoms with Gasteiger partial charge >= 0.3 is 0 Å². The molecule has 1 rings (SSSR count). The van der Waals surface area contributed by atoms with Crippen LogP contribution in [-0.4, -0.2) is 13.1 Å². The van der Waals surface area contributed by atoms with Gasteiger partial charge in [-0.05, 0) is 50.4 Å². The average molecular weight is 220 g/mol. The number of hydrogen-bond donors (Lipinski definition) is 2. The topological polar surface area (TPSA) is 38.0 Å². The molecule has 0 saturated heterocycles. The molecule has 0 aliphatic rings. The Morgan fingerprint density at radius 1 is 1.06 bits per heavy atom. The minimum absolute atomic E-state index is 0.824. The third kappa shape index (κ3) is 4.23. The molecule has 0 bridgehead atoms. The molecule has 0 aliphatic heterocycles. The van der Waals surface area contributed by atoms with Crippen LogP contribution < -0.4 is 11.1 Å². The molecule has 0 heterocycles. The summed E-state index contributed by atoms with van der Waals surface area (Å²) in [5, 5.41) is 3.50. The van der Waals surface area contributed by atoms with Crippen molar-refractivity contribution in [1.29, 1.82) is 0 Å². The van der Waals surface area contributed by atoms with Crippen LogP contribution in [0.25, 0.3) is 0 Å². The van der Waals surface area contributed by atoms with E-state index in [-0.39, 0.29) is 0 Å². The molecule has 0 aliphatic carbocycles. The van der Waals surface area contributed by atoms with Crippen LogP contribution in [0, 0.1) is 13.8 Å². The second kappa shape index (κ2) is 7.29. The number of benzene rings is 1. The monoisotopic (exact) mass is 220 g/mol. The molecular weight excluding hydrogens is 196 g/mol. The lowest BCUT2D eigenvalue weighted by atomic mass is 10.1. The Balaban J connectivity index is 2.24. The van der Waals surface area contributed by atoms with Gasteiger partial charge in [0.15, 0.2) is 0 Å². The van der Waals surface area contributed by atoms with Crippen LogP contribution in [0.4, 0.5) is 5.69 Å². The van der Waals surface area contributed by atoms with E-state index in [1.807, 2.05) is 0 Å². The second-order valence-corrected chi connectivity index (χ2v) is 4.38. The summed E-state index contributed by atoms with van der Waals surface area (Å²) < 4.78 is 0. The fourth-order valence-electron chi connectivity index (χ4n) is 1.79. The largest absolute Gasteiger partial charge is 0.385 e. The van der Waals surface area contributed by atoms with Crippen molar-refractivity contribution < 1.29 is 0 Å². The molecule has 16 heavy (non-hydrogen) atoms. The maximum atomic E-state index is 5.46. The van der Waals surface area contributed by atoms with Gasteiger partial charge in [0.05, 0.1) is 0 Å². The van der Waals surface area contributed by atoms with E-state index in [0.29, 0.717) is 0 Å². The van der Waals surface area contributed by atoms with Gasteiger partial charge in [0.2, 0.25) is 0 Å².